The lowest BCUT2D eigenvalue weighted by atomic mass is 10.2. The van der Waals surface area contributed by atoms with Gasteiger partial charge in [-0.15, -0.1) is 0 Å². The third-order valence-corrected chi connectivity index (χ3v) is 3.40. The highest BCUT2D eigenvalue weighted by molar-refractivity contribution is 5.94. The van der Waals surface area contributed by atoms with E-state index in [-0.39, 0.29) is 36.0 Å². The molecule has 0 fully saturated rings. The SMILES string of the molecule is CCN(CC(=O)NC(C)C)C(=O)c1ccc(-c2ccc(F)cc2)o1. The van der Waals surface area contributed by atoms with Crippen molar-refractivity contribution in [2.45, 2.75) is 26.8 Å². The quantitative estimate of drug-likeness (QED) is 0.884. The van der Waals surface area contributed by atoms with Crippen LogP contribution in [0.4, 0.5) is 4.39 Å². The Balaban J connectivity index is 2.11. The van der Waals surface area contributed by atoms with Crippen LogP contribution in [-0.2, 0) is 4.79 Å². The van der Waals surface area contributed by atoms with E-state index >= 15 is 0 Å². The second kappa shape index (κ2) is 7.77. The number of nitrogens with one attached hydrogen (secondary N) is 1. The fraction of sp³-hybridized carbons (Fsp3) is 0.333. The number of carbonyl (C=O) groups excluding carboxylic acids is 2. The molecule has 0 atom stereocenters. The van der Waals surface area contributed by atoms with E-state index in [1.165, 1.54) is 17.0 Å². The summed E-state index contributed by atoms with van der Waals surface area (Å²) in [6.07, 6.45) is 0. The molecule has 5 nitrogen and oxygen atoms in total. The molecule has 2 aromatic rings. The van der Waals surface area contributed by atoms with Gasteiger partial charge in [0.05, 0.1) is 6.54 Å². The monoisotopic (exact) mass is 332 g/mol. The Morgan fingerprint density at radius 1 is 1.17 bits per heavy atom. The molecule has 24 heavy (non-hydrogen) atoms. The van der Waals surface area contributed by atoms with Gasteiger partial charge in [0.1, 0.15) is 11.6 Å². The summed E-state index contributed by atoms with van der Waals surface area (Å²) in [4.78, 5) is 25.7. The minimum Gasteiger partial charge on any atom is -0.451 e. The lowest BCUT2D eigenvalue weighted by molar-refractivity contribution is -0.122. The van der Waals surface area contributed by atoms with Crippen molar-refractivity contribution in [1.82, 2.24) is 10.2 Å². The average molecular weight is 332 g/mol. The summed E-state index contributed by atoms with van der Waals surface area (Å²) < 4.78 is 18.5. The highest BCUT2D eigenvalue weighted by Crippen LogP contribution is 2.23. The van der Waals surface area contributed by atoms with Gasteiger partial charge in [0.15, 0.2) is 5.76 Å². The molecule has 1 aromatic heterocycles. The fourth-order valence-corrected chi connectivity index (χ4v) is 2.25. The normalized spacial score (nSPS) is 10.7. The molecule has 0 unspecified atom stereocenters. The zero-order valence-electron chi connectivity index (χ0n) is 14.0. The first-order chi connectivity index (χ1) is 11.4. The number of rotatable bonds is 6. The van der Waals surface area contributed by atoms with Gasteiger partial charge in [-0.25, -0.2) is 4.39 Å². The van der Waals surface area contributed by atoms with Crippen LogP contribution in [0, 0.1) is 5.82 Å². The third kappa shape index (κ3) is 4.44. The van der Waals surface area contributed by atoms with Crippen LogP contribution in [-0.4, -0.2) is 35.8 Å². The minimum absolute atomic E-state index is 0.0139. The Morgan fingerprint density at radius 2 is 1.83 bits per heavy atom. The van der Waals surface area contributed by atoms with Gasteiger partial charge in [0.2, 0.25) is 5.91 Å². The Hall–Kier alpha value is -2.63. The van der Waals surface area contributed by atoms with Crippen molar-refractivity contribution in [2.24, 2.45) is 0 Å². The van der Waals surface area contributed by atoms with Gasteiger partial charge in [-0.05, 0) is 57.2 Å². The number of carbonyl (C=O) groups is 2. The van der Waals surface area contributed by atoms with E-state index in [2.05, 4.69) is 5.32 Å². The summed E-state index contributed by atoms with van der Waals surface area (Å²) in [7, 11) is 0. The number of likely N-dealkylation sites (N-methyl/N-ethyl adjacent to an activating group) is 1. The molecule has 1 N–H and O–H groups in total. The molecule has 0 aliphatic heterocycles. The average Bonchev–Trinajstić information content (AvgIpc) is 3.02. The molecule has 0 saturated heterocycles. The fourth-order valence-electron chi connectivity index (χ4n) is 2.25. The van der Waals surface area contributed by atoms with Gasteiger partial charge in [0.25, 0.3) is 5.91 Å². The first-order valence-electron chi connectivity index (χ1n) is 7.85. The number of furan rings is 1. The van der Waals surface area contributed by atoms with Gasteiger partial charge in [0, 0.05) is 18.2 Å². The van der Waals surface area contributed by atoms with E-state index in [4.69, 9.17) is 4.42 Å². The number of halogens is 1. The zero-order valence-corrected chi connectivity index (χ0v) is 14.0. The highest BCUT2D eigenvalue weighted by atomic mass is 19.1. The molecule has 0 aliphatic carbocycles. The topological polar surface area (TPSA) is 62.6 Å². The first kappa shape index (κ1) is 17.7. The first-order valence-corrected chi connectivity index (χ1v) is 7.85. The van der Waals surface area contributed by atoms with E-state index in [0.717, 1.165) is 0 Å². The number of amides is 2. The summed E-state index contributed by atoms with van der Waals surface area (Å²) >= 11 is 0. The van der Waals surface area contributed by atoms with Crippen molar-refractivity contribution < 1.29 is 18.4 Å². The Kier molecular flexibility index (Phi) is 5.73. The van der Waals surface area contributed by atoms with Gasteiger partial charge in [-0.2, -0.15) is 0 Å². The van der Waals surface area contributed by atoms with Crippen LogP contribution in [0.2, 0.25) is 0 Å². The molecule has 6 heteroatoms. The van der Waals surface area contributed by atoms with Crippen LogP contribution < -0.4 is 5.32 Å². The van der Waals surface area contributed by atoms with Crippen LogP contribution in [0.5, 0.6) is 0 Å². The maximum atomic E-state index is 13.0. The molecule has 2 rings (SSSR count). The predicted molar refractivity (Wildman–Crippen MR) is 89.0 cm³/mol. The largest absolute Gasteiger partial charge is 0.451 e. The zero-order chi connectivity index (χ0) is 17.7. The van der Waals surface area contributed by atoms with Crippen molar-refractivity contribution >= 4 is 11.8 Å². The maximum absolute atomic E-state index is 13.0. The summed E-state index contributed by atoms with van der Waals surface area (Å²) in [6, 6.07) is 9.04. The second-order valence-electron chi connectivity index (χ2n) is 5.71. The summed E-state index contributed by atoms with van der Waals surface area (Å²) in [5.41, 5.74) is 0.677. The molecule has 0 bridgehead atoms. The number of nitrogens with zero attached hydrogens (tertiary/aromatic N) is 1. The number of hydrogen-bond donors (Lipinski definition) is 1. The van der Waals surface area contributed by atoms with Crippen molar-refractivity contribution in [1.29, 1.82) is 0 Å². The van der Waals surface area contributed by atoms with Gasteiger partial charge in [-0.1, -0.05) is 0 Å². The Bertz CT molecular complexity index is 707. The van der Waals surface area contributed by atoms with Crippen LogP contribution in [0.15, 0.2) is 40.8 Å². The van der Waals surface area contributed by atoms with Crippen LogP contribution >= 0.6 is 0 Å². The molecule has 1 heterocycles. The summed E-state index contributed by atoms with van der Waals surface area (Å²) in [5.74, 6) is -0.292. The van der Waals surface area contributed by atoms with Crippen LogP contribution in [0.25, 0.3) is 11.3 Å². The predicted octanol–water partition coefficient (Wildman–Crippen LogP) is 3.07. The van der Waals surface area contributed by atoms with E-state index in [0.29, 0.717) is 17.9 Å². The van der Waals surface area contributed by atoms with Crippen molar-refractivity contribution in [2.75, 3.05) is 13.1 Å². The number of benzene rings is 1. The standard InChI is InChI=1S/C18H21FN2O3/c1-4-21(11-17(22)20-12(2)3)18(23)16-10-9-15(24-16)13-5-7-14(19)8-6-13/h5-10,12H,4,11H2,1-3H3,(H,20,22). The molecule has 1 aromatic carbocycles. The van der Waals surface area contributed by atoms with Crippen molar-refractivity contribution in [3.8, 4) is 11.3 Å². The van der Waals surface area contributed by atoms with Crippen molar-refractivity contribution in [3.05, 3.63) is 48.0 Å². The number of hydrogen-bond acceptors (Lipinski definition) is 3. The van der Waals surface area contributed by atoms with Crippen molar-refractivity contribution in [3.63, 3.8) is 0 Å². The van der Waals surface area contributed by atoms with Gasteiger partial charge in [-0.3, -0.25) is 9.59 Å². The van der Waals surface area contributed by atoms with E-state index < -0.39 is 0 Å². The minimum atomic E-state index is -0.357. The van der Waals surface area contributed by atoms with Gasteiger partial charge < -0.3 is 14.6 Å². The molecular weight excluding hydrogens is 311 g/mol. The molecular formula is C18H21FN2O3. The third-order valence-electron chi connectivity index (χ3n) is 3.40. The molecule has 0 saturated carbocycles. The molecule has 0 spiro atoms. The molecule has 2 amide bonds. The molecule has 0 aliphatic rings. The van der Waals surface area contributed by atoms with Gasteiger partial charge >= 0.3 is 0 Å². The maximum Gasteiger partial charge on any atom is 0.290 e. The highest BCUT2D eigenvalue weighted by Gasteiger charge is 2.21. The smallest absolute Gasteiger partial charge is 0.290 e. The van der Waals surface area contributed by atoms with Crippen LogP contribution in [0.3, 0.4) is 0 Å². The second-order valence-corrected chi connectivity index (χ2v) is 5.71. The van der Waals surface area contributed by atoms with Crippen LogP contribution in [0.1, 0.15) is 31.3 Å². The molecule has 0 radical (unpaired) electrons. The Labute approximate surface area is 140 Å². The van der Waals surface area contributed by atoms with E-state index in [1.807, 2.05) is 13.8 Å². The van der Waals surface area contributed by atoms with E-state index in [9.17, 15) is 14.0 Å². The lowest BCUT2D eigenvalue weighted by Gasteiger charge is -2.20. The Morgan fingerprint density at radius 3 is 2.42 bits per heavy atom. The summed E-state index contributed by atoms with van der Waals surface area (Å²) in [5, 5.41) is 2.75. The molecule has 128 valence electrons. The lowest BCUT2D eigenvalue weighted by Crippen LogP contribution is -2.42. The summed E-state index contributed by atoms with van der Waals surface area (Å²) in [6.45, 7) is 5.87. The van der Waals surface area contributed by atoms with E-state index in [1.54, 1.807) is 31.2 Å².